The minimum absolute atomic E-state index is 0.0584. The molecule has 2 N–H and O–H groups in total. The van der Waals surface area contributed by atoms with Crippen LogP contribution in [0.15, 0.2) is 22.7 Å². The van der Waals surface area contributed by atoms with Crippen LogP contribution in [0, 0.1) is 5.92 Å². The fraction of sp³-hybridized carbons (Fsp3) is 0.500. The number of halogens is 1. The van der Waals surface area contributed by atoms with Gasteiger partial charge in [0.05, 0.1) is 6.61 Å². The number of hydrogen-bond donors (Lipinski definition) is 2. The van der Waals surface area contributed by atoms with E-state index in [-0.39, 0.29) is 13.2 Å². The van der Waals surface area contributed by atoms with Crippen LogP contribution in [-0.2, 0) is 6.61 Å². The van der Waals surface area contributed by atoms with Crippen molar-refractivity contribution < 1.29 is 10.2 Å². The topological polar surface area (TPSA) is 43.7 Å². The molecule has 88 valence electrons. The first-order chi connectivity index (χ1) is 7.74. The molecule has 0 bridgehead atoms. The van der Waals surface area contributed by atoms with E-state index >= 15 is 0 Å². The molecule has 1 aromatic carbocycles. The van der Waals surface area contributed by atoms with Crippen molar-refractivity contribution in [2.75, 3.05) is 24.6 Å². The van der Waals surface area contributed by atoms with Crippen molar-refractivity contribution in [2.45, 2.75) is 13.0 Å². The average molecular weight is 286 g/mol. The minimum Gasteiger partial charge on any atom is -0.396 e. The molecule has 0 aromatic heterocycles. The first-order valence-corrected chi connectivity index (χ1v) is 6.29. The van der Waals surface area contributed by atoms with Gasteiger partial charge in [-0.3, -0.25) is 0 Å². The average Bonchev–Trinajstić information content (AvgIpc) is 2.77. The summed E-state index contributed by atoms with van der Waals surface area (Å²) in [7, 11) is 0. The molecule has 0 aliphatic carbocycles. The molecule has 0 spiro atoms. The molecule has 3 nitrogen and oxygen atoms in total. The van der Waals surface area contributed by atoms with Gasteiger partial charge in [0.15, 0.2) is 0 Å². The van der Waals surface area contributed by atoms with E-state index in [0.717, 1.165) is 35.2 Å². The molecule has 1 aliphatic heterocycles. The summed E-state index contributed by atoms with van der Waals surface area (Å²) in [5, 5.41) is 18.4. The van der Waals surface area contributed by atoms with Crippen LogP contribution in [0.25, 0.3) is 0 Å². The van der Waals surface area contributed by atoms with E-state index in [2.05, 4.69) is 20.8 Å². The van der Waals surface area contributed by atoms with E-state index in [4.69, 9.17) is 5.11 Å². The number of aliphatic hydroxyl groups excluding tert-OH is 2. The molecule has 1 atom stereocenters. The molecular formula is C12H16BrNO2. The van der Waals surface area contributed by atoms with E-state index in [1.807, 2.05) is 18.2 Å². The largest absolute Gasteiger partial charge is 0.396 e. The van der Waals surface area contributed by atoms with Crippen molar-refractivity contribution in [3.63, 3.8) is 0 Å². The lowest BCUT2D eigenvalue weighted by Crippen LogP contribution is -2.21. The molecule has 0 radical (unpaired) electrons. The second-order valence-corrected chi connectivity index (χ2v) is 5.13. The van der Waals surface area contributed by atoms with Crippen molar-refractivity contribution >= 4 is 21.6 Å². The van der Waals surface area contributed by atoms with Gasteiger partial charge in [0.2, 0.25) is 0 Å². The third-order valence-corrected chi connectivity index (χ3v) is 3.60. The molecule has 1 unspecified atom stereocenters. The Balaban J connectivity index is 2.22. The second kappa shape index (κ2) is 5.17. The summed E-state index contributed by atoms with van der Waals surface area (Å²) in [6.07, 6.45) is 1.02. The van der Waals surface area contributed by atoms with Gasteiger partial charge in [-0.2, -0.15) is 0 Å². The zero-order valence-electron chi connectivity index (χ0n) is 9.06. The third kappa shape index (κ3) is 2.39. The Morgan fingerprint density at radius 1 is 1.38 bits per heavy atom. The highest BCUT2D eigenvalue weighted by molar-refractivity contribution is 9.10. The van der Waals surface area contributed by atoms with Crippen LogP contribution in [0.1, 0.15) is 12.0 Å². The summed E-state index contributed by atoms with van der Waals surface area (Å²) < 4.78 is 1.02. The molecule has 1 saturated heterocycles. The lowest BCUT2D eigenvalue weighted by atomic mass is 10.1. The van der Waals surface area contributed by atoms with E-state index in [0.29, 0.717) is 5.92 Å². The molecule has 4 heteroatoms. The Labute approximate surface area is 104 Å². The molecule has 0 amide bonds. The molecule has 1 heterocycles. The summed E-state index contributed by atoms with van der Waals surface area (Å²) in [4.78, 5) is 2.23. The predicted octanol–water partition coefficient (Wildman–Crippen LogP) is 1.76. The van der Waals surface area contributed by atoms with Crippen molar-refractivity contribution in [1.82, 2.24) is 0 Å². The maximum Gasteiger partial charge on any atom is 0.0702 e. The van der Waals surface area contributed by atoms with E-state index in [1.165, 1.54) is 0 Å². The lowest BCUT2D eigenvalue weighted by Gasteiger charge is -2.21. The minimum atomic E-state index is 0.0584. The zero-order valence-corrected chi connectivity index (χ0v) is 10.7. The molecule has 16 heavy (non-hydrogen) atoms. The maximum absolute atomic E-state index is 9.30. The van der Waals surface area contributed by atoms with E-state index < -0.39 is 0 Å². The van der Waals surface area contributed by atoms with Crippen LogP contribution in [0.3, 0.4) is 0 Å². The fourth-order valence-electron chi connectivity index (χ4n) is 2.17. The van der Waals surface area contributed by atoms with Gasteiger partial charge in [-0.05, 0) is 18.6 Å². The van der Waals surface area contributed by atoms with Crippen molar-refractivity contribution in [3.8, 4) is 0 Å². The summed E-state index contributed by atoms with van der Waals surface area (Å²) in [6, 6.07) is 5.91. The maximum atomic E-state index is 9.30. The van der Waals surface area contributed by atoms with Gasteiger partial charge in [-0.15, -0.1) is 0 Å². The number of benzene rings is 1. The molecular weight excluding hydrogens is 270 g/mol. The van der Waals surface area contributed by atoms with E-state index in [1.54, 1.807) is 0 Å². The lowest BCUT2D eigenvalue weighted by molar-refractivity contribution is 0.238. The van der Waals surface area contributed by atoms with Crippen LogP contribution in [-0.4, -0.2) is 29.9 Å². The van der Waals surface area contributed by atoms with Crippen LogP contribution >= 0.6 is 15.9 Å². The molecule has 0 saturated carbocycles. The number of rotatable bonds is 3. The van der Waals surface area contributed by atoms with Gasteiger partial charge in [0.1, 0.15) is 0 Å². The predicted molar refractivity (Wildman–Crippen MR) is 67.5 cm³/mol. The second-order valence-electron chi connectivity index (χ2n) is 4.21. The first-order valence-electron chi connectivity index (χ1n) is 5.49. The Morgan fingerprint density at radius 2 is 2.19 bits per heavy atom. The van der Waals surface area contributed by atoms with E-state index in [9.17, 15) is 5.11 Å². The van der Waals surface area contributed by atoms with Crippen molar-refractivity contribution in [3.05, 3.63) is 28.2 Å². The molecule has 1 fully saturated rings. The monoisotopic (exact) mass is 285 g/mol. The van der Waals surface area contributed by atoms with Crippen LogP contribution in [0.5, 0.6) is 0 Å². The number of anilines is 1. The Hall–Kier alpha value is -0.580. The van der Waals surface area contributed by atoms with Crippen LogP contribution < -0.4 is 4.90 Å². The fourth-order valence-corrected chi connectivity index (χ4v) is 2.51. The van der Waals surface area contributed by atoms with Crippen LogP contribution in [0.2, 0.25) is 0 Å². The summed E-state index contributed by atoms with van der Waals surface area (Å²) in [5.74, 6) is 0.366. The SMILES string of the molecule is OCc1ccc(Br)cc1N1CCC(CO)C1. The number of hydrogen-bond acceptors (Lipinski definition) is 3. The van der Waals surface area contributed by atoms with Gasteiger partial charge in [0.25, 0.3) is 0 Å². The van der Waals surface area contributed by atoms with Gasteiger partial charge in [-0.1, -0.05) is 22.0 Å². The molecule has 1 aromatic rings. The Morgan fingerprint density at radius 3 is 2.81 bits per heavy atom. The summed E-state index contributed by atoms with van der Waals surface area (Å²) >= 11 is 3.45. The smallest absolute Gasteiger partial charge is 0.0702 e. The highest BCUT2D eigenvalue weighted by atomic mass is 79.9. The first kappa shape index (κ1) is 11.9. The third-order valence-electron chi connectivity index (χ3n) is 3.10. The quantitative estimate of drug-likeness (QED) is 0.890. The Bertz CT molecular complexity index is 370. The standard InChI is InChI=1S/C12H16BrNO2/c13-11-2-1-10(8-16)12(5-11)14-4-3-9(6-14)7-15/h1-2,5,9,15-16H,3-4,6-8H2. The highest BCUT2D eigenvalue weighted by Crippen LogP contribution is 2.29. The molecule has 2 rings (SSSR count). The zero-order chi connectivity index (χ0) is 11.5. The summed E-state index contributed by atoms with van der Waals surface area (Å²) in [6.45, 7) is 2.14. The highest BCUT2D eigenvalue weighted by Gasteiger charge is 2.23. The normalized spacial score (nSPS) is 20.4. The van der Waals surface area contributed by atoms with Gasteiger partial charge >= 0.3 is 0 Å². The number of nitrogens with zero attached hydrogens (tertiary/aromatic N) is 1. The van der Waals surface area contributed by atoms with Gasteiger partial charge in [-0.25, -0.2) is 0 Å². The number of aliphatic hydroxyl groups is 2. The molecule has 1 aliphatic rings. The summed E-state index contributed by atoms with van der Waals surface area (Å²) in [5.41, 5.74) is 2.02. The van der Waals surface area contributed by atoms with Crippen molar-refractivity contribution in [2.24, 2.45) is 5.92 Å². The Kier molecular flexibility index (Phi) is 3.84. The van der Waals surface area contributed by atoms with Gasteiger partial charge in [0, 0.05) is 41.3 Å². The van der Waals surface area contributed by atoms with Crippen LogP contribution in [0.4, 0.5) is 5.69 Å². The van der Waals surface area contributed by atoms with Crippen molar-refractivity contribution in [1.29, 1.82) is 0 Å². The van der Waals surface area contributed by atoms with Gasteiger partial charge < -0.3 is 15.1 Å².